The van der Waals surface area contributed by atoms with Crippen molar-refractivity contribution in [3.63, 3.8) is 0 Å². The molecule has 90 valence electrons. The van der Waals surface area contributed by atoms with Crippen LogP contribution in [-0.2, 0) is 6.54 Å². The summed E-state index contributed by atoms with van der Waals surface area (Å²) >= 11 is 3.34. The Morgan fingerprint density at radius 2 is 2.12 bits per heavy atom. The van der Waals surface area contributed by atoms with E-state index in [0.29, 0.717) is 12.2 Å². The molecule has 1 aromatic heterocycles. The molecule has 1 aromatic carbocycles. The number of aryl methyl sites for hydroxylation is 1. The SMILES string of the molecule is Cc1nn(Cc2ccc(F)cc2Br)c(C)c1N. The van der Waals surface area contributed by atoms with E-state index in [2.05, 4.69) is 21.0 Å². The van der Waals surface area contributed by atoms with E-state index in [1.54, 1.807) is 6.07 Å². The standard InChI is InChI=1S/C12H13BrFN3/c1-7-12(15)8(2)17(16-7)6-9-3-4-10(14)5-11(9)13/h3-5H,6,15H2,1-2H3. The van der Waals surface area contributed by atoms with E-state index in [9.17, 15) is 4.39 Å². The lowest BCUT2D eigenvalue weighted by Crippen LogP contribution is -2.05. The van der Waals surface area contributed by atoms with Crippen molar-refractivity contribution in [1.29, 1.82) is 0 Å². The summed E-state index contributed by atoms with van der Waals surface area (Å²) < 4.78 is 15.5. The van der Waals surface area contributed by atoms with Crippen molar-refractivity contribution in [2.24, 2.45) is 0 Å². The quantitative estimate of drug-likeness (QED) is 0.926. The average Bonchev–Trinajstić information content (AvgIpc) is 2.50. The molecule has 0 bridgehead atoms. The normalized spacial score (nSPS) is 10.8. The van der Waals surface area contributed by atoms with E-state index in [0.717, 1.165) is 21.4 Å². The number of nitrogens with two attached hydrogens (primary N) is 1. The van der Waals surface area contributed by atoms with Crippen LogP contribution in [0, 0.1) is 19.7 Å². The zero-order valence-electron chi connectivity index (χ0n) is 9.67. The summed E-state index contributed by atoms with van der Waals surface area (Å²) in [5.41, 5.74) is 9.29. The molecular weight excluding hydrogens is 285 g/mol. The summed E-state index contributed by atoms with van der Waals surface area (Å²) in [7, 11) is 0. The van der Waals surface area contributed by atoms with Crippen LogP contribution in [-0.4, -0.2) is 9.78 Å². The van der Waals surface area contributed by atoms with E-state index in [1.165, 1.54) is 12.1 Å². The topological polar surface area (TPSA) is 43.8 Å². The number of nitrogens with zero attached hydrogens (tertiary/aromatic N) is 2. The Bertz CT molecular complexity index is 563. The van der Waals surface area contributed by atoms with Gasteiger partial charge in [0.1, 0.15) is 5.82 Å². The van der Waals surface area contributed by atoms with Crippen molar-refractivity contribution in [2.45, 2.75) is 20.4 Å². The van der Waals surface area contributed by atoms with E-state index < -0.39 is 0 Å². The first-order valence-electron chi connectivity index (χ1n) is 5.22. The predicted molar refractivity (Wildman–Crippen MR) is 69.3 cm³/mol. The van der Waals surface area contributed by atoms with E-state index in [4.69, 9.17) is 5.73 Å². The lowest BCUT2D eigenvalue weighted by molar-refractivity contribution is 0.621. The third-order valence-corrected chi connectivity index (χ3v) is 3.51. The monoisotopic (exact) mass is 297 g/mol. The van der Waals surface area contributed by atoms with Crippen molar-refractivity contribution in [3.05, 3.63) is 45.4 Å². The Kier molecular flexibility index (Phi) is 3.19. The third kappa shape index (κ3) is 2.34. The second kappa shape index (κ2) is 4.49. The first kappa shape index (κ1) is 12.1. The van der Waals surface area contributed by atoms with Crippen molar-refractivity contribution >= 4 is 21.6 Å². The van der Waals surface area contributed by atoms with Crippen LogP contribution in [0.2, 0.25) is 0 Å². The molecule has 5 heteroatoms. The van der Waals surface area contributed by atoms with Crippen LogP contribution in [0.25, 0.3) is 0 Å². The van der Waals surface area contributed by atoms with Crippen LogP contribution in [0.5, 0.6) is 0 Å². The number of hydrogen-bond acceptors (Lipinski definition) is 2. The zero-order chi connectivity index (χ0) is 12.6. The molecule has 0 saturated carbocycles. The maximum absolute atomic E-state index is 13.0. The minimum Gasteiger partial charge on any atom is -0.396 e. The highest BCUT2D eigenvalue weighted by Crippen LogP contribution is 2.21. The molecule has 2 aromatic rings. The fourth-order valence-electron chi connectivity index (χ4n) is 1.68. The van der Waals surface area contributed by atoms with Gasteiger partial charge in [0.05, 0.1) is 23.6 Å². The Morgan fingerprint density at radius 1 is 1.41 bits per heavy atom. The largest absolute Gasteiger partial charge is 0.396 e. The predicted octanol–water partition coefficient (Wildman–Crippen LogP) is 3.03. The lowest BCUT2D eigenvalue weighted by atomic mass is 10.2. The van der Waals surface area contributed by atoms with Crippen molar-refractivity contribution < 1.29 is 4.39 Å². The zero-order valence-corrected chi connectivity index (χ0v) is 11.3. The number of aromatic nitrogens is 2. The van der Waals surface area contributed by atoms with Gasteiger partial charge in [-0.05, 0) is 31.5 Å². The number of hydrogen-bond donors (Lipinski definition) is 1. The number of nitrogen functional groups attached to an aromatic ring is 1. The summed E-state index contributed by atoms with van der Waals surface area (Å²) in [4.78, 5) is 0. The van der Waals surface area contributed by atoms with Crippen LogP contribution in [0.1, 0.15) is 17.0 Å². The second-order valence-electron chi connectivity index (χ2n) is 3.98. The minimum atomic E-state index is -0.256. The van der Waals surface area contributed by atoms with Gasteiger partial charge in [0, 0.05) is 4.47 Å². The Labute approximate surface area is 108 Å². The molecule has 0 saturated heterocycles. The molecule has 0 radical (unpaired) electrons. The van der Waals surface area contributed by atoms with Crippen LogP contribution < -0.4 is 5.73 Å². The third-order valence-electron chi connectivity index (χ3n) is 2.77. The van der Waals surface area contributed by atoms with Crippen LogP contribution in [0.15, 0.2) is 22.7 Å². The first-order valence-corrected chi connectivity index (χ1v) is 6.01. The van der Waals surface area contributed by atoms with E-state index in [-0.39, 0.29) is 5.82 Å². The molecule has 2 N–H and O–H groups in total. The van der Waals surface area contributed by atoms with Gasteiger partial charge in [0.15, 0.2) is 0 Å². The molecule has 0 aliphatic rings. The van der Waals surface area contributed by atoms with Gasteiger partial charge >= 0.3 is 0 Å². The second-order valence-corrected chi connectivity index (χ2v) is 4.83. The number of halogens is 2. The van der Waals surface area contributed by atoms with Crippen LogP contribution >= 0.6 is 15.9 Å². The number of anilines is 1. The molecule has 0 unspecified atom stereocenters. The minimum absolute atomic E-state index is 0.256. The van der Waals surface area contributed by atoms with Crippen molar-refractivity contribution in [1.82, 2.24) is 9.78 Å². The van der Waals surface area contributed by atoms with Gasteiger partial charge in [-0.25, -0.2) is 4.39 Å². The molecule has 0 amide bonds. The molecule has 17 heavy (non-hydrogen) atoms. The van der Waals surface area contributed by atoms with Crippen molar-refractivity contribution in [3.8, 4) is 0 Å². The Hall–Kier alpha value is -1.36. The number of rotatable bonds is 2. The lowest BCUT2D eigenvalue weighted by Gasteiger charge is -2.07. The molecule has 0 atom stereocenters. The molecule has 2 rings (SSSR count). The van der Waals surface area contributed by atoms with Gasteiger partial charge in [-0.15, -0.1) is 0 Å². The highest BCUT2D eigenvalue weighted by molar-refractivity contribution is 9.10. The van der Waals surface area contributed by atoms with Gasteiger partial charge < -0.3 is 5.73 Å². The van der Waals surface area contributed by atoms with Gasteiger partial charge in [0.2, 0.25) is 0 Å². The average molecular weight is 298 g/mol. The molecule has 0 fully saturated rings. The smallest absolute Gasteiger partial charge is 0.124 e. The summed E-state index contributed by atoms with van der Waals surface area (Å²) in [5.74, 6) is -0.256. The summed E-state index contributed by atoms with van der Waals surface area (Å²) in [6.45, 7) is 4.37. The first-order chi connectivity index (χ1) is 7.99. The maximum Gasteiger partial charge on any atom is 0.124 e. The molecule has 0 spiro atoms. The summed E-state index contributed by atoms with van der Waals surface area (Å²) in [5, 5.41) is 4.35. The highest BCUT2D eigenvalue weighted by atomic mass is 79.9. The van der Waals surface area contributed by atoms with Crippen LogP contribution in [0.4, 0.5) is 10.1 Å². The van der Waals surface area contributed by atoms with E-state index >= 15 is 0 Å². The Morgan fingerprint density at radius 3 is 2.65 bits per heavy atom. The van der Waals surface area contributed by atoms with Gasteiger partial charge in [-0.1, -0.05) is 22.0 Å². The van der Waals surface area contributed by atoms with Crippen LogP contribution in [0.3, 0.4) is 0 Å². The van der Waals surface area contributed by atoms with Crippen molar-refractivity contribution in [2.75, 3.05) is 5.73 Å². The van der Waals surface area contributed by atoms with E-state index in [1.807, 2.05) is 18.5 Å². The fourth-order valence-corrected chi connectivity index (χ4v) is 2.15. The Balaban J connectivity index is 2.34. The van der Waals surface area contributed by atoms with Gasteiger partial charge in [-0.3, -0.25) is 4.68 Å². The molecular formula is C12H13BrFN3. The summed E-state index contributed by atoms with van der Waals surface area (Å²) in [6.07, 6.45) is 0. The molecule has 1 heterocycles. The molecule has 3 nitrogen and oxygen atoms in total. The maximum atomic E-state index is 13.0. The summed E-state index contributed by atoms with van der Waals surface area (Å²) in [6, 6.07) is 4.63. The van der Waals surface area contributed by atoms with Gasteiger partial charge in [-0.2, -0.15) is 5.10 Å². The highest BCUT2D eigenvalue weighted by Gasteiger charge is 2.10. The fraction of sp³-hybridized carbons (Fsp3) is 0.250. The van der Waals surface area contributed by atoms with Gasteiger partial charge in [0.25, 0.3) is 0 Å². The number of benzene rings is 1. The molecule has 0 aliphatic heterocycles. The molecule has 0 aliphatic carbocycles.